The van der Waals surface area contributed by atoms with Gasteiger partial charge in [-0.2, -0.15) is 5.10 Å². The molecule has 0 aromatic carbocycles. The molecule has 0 spiro atoms. The van der Waals surface area contributed by atoms with Crippen molar-refractivity contribution < 1.29 is 8.81 Å². The molecule has 6 heteroatoms. The predicted octanol–water partition coefficient (Wildman–Crippen LogP) is 2.15. The van der Waals surface area contributed by atoms with Gasteiger partial charge in [-0.3, -0.25) is 5.10 Å². The number of nitrogens with two attached hydrogens (primary N) is 1. The maximum atomic E-state index is 13.2. The fourth-order valence-corrected chi connectivity index (χ4v) is 1.43. The monoisotopic (exact) mass is 245 g/mol. The van der Waals surface area contributed by atoms with Crippen LogP contribution in [0.4, 0.5) is 10.2 Å². The SMILES string of the molecule is Nc1n[nH]c(-c2ccoc2Br)c1F. The van der Waals surface area contributed by atoms with Crippen molar-refractivity contribution >= 4 is 21.7 Å². The summed E-state index contributed by atoms with van der Waals surface area (Å²) in [6.07, 6.45) is 1.44. The van der Waals surface area contributed by atoms with Gasteiger partial charge in [0, 0.05) is 0 Å². The van der Waals surface area contributed by atoms with Crippen molar-refractivity contribution in [2.75, 3.05) is 5.73 Å². The van der Waals surface area contributed by atoms with E-state index in [1.807, 2.05) is 0 Å². The van der Waals surface area contributed by atoms with Crippen molar-refractivity contribution in [3.63, 3.8) is 0 Å². The van der Waals surface area contributed by atoms with Crippen molar-refractivity contribution in [3.8, 4) is 11.3 Å². The molecule has 2 heterocycles. The van der Waals surface area contributed by atoms with Crippen LogP contribution in [0.15, 0.2) is 21.4 Å². The standard InChI is InChI=1S/C7H5BrFN3O/c8-6-3(1-2-13-6)5-4(9)7(10)12-11-5/h1-2H,(H3,10,11,12). The van der Waals surface area contributed by atoms with Crippen molar-refractivity contribution in [3.05, 3.63) is 22.8 Å². The third-order valence-electron chi connectivity index (χ3n) is 1.62. The first-order valence-corrected chi connectivity index (χ1v) is 4.22. The number of nitrogen functional groups attached to an aromatic ring is 1. The number of rotatable bonds is 1. The molecule has 3 N–H and O–H groups in total. The zero-order valence-corrected chi connectivity index (χ0v) is 7.93. The minimum Gasteiger partial charge on any atom is -0.457 e. The second-order valence-electron chi connectivity index (χ2n) is 2.41. The first-order valence-electron chi connectivity index (χ1n) is 3.43. The minimum absolute atomic E-state index is 0.150. The van der Waals surface area contributed by atoms with E-state index < -0.39 is 5.82 Å². The van der Waals surface area contributed by atoms with E-state index in [0.717, 1.165) is 0 Å². The summed E-state index contributed by atoms with van der Waals surface area (Å²) in [4.78, 5) is 0. The first-order chi connectivity index (χ1) is 6.20. The molecule has 0 bridgehead atoms. The molecule has 2 aromatic heterocycles. The van der Waals surface area contributed by atoms with E-state index in [1.54, 1.807) is 6.07 Å². The van der Waals surface area contributed by atoms with Gasteiger partial charge in [0.2, 0.25) is 0 Å². The second-order valence-corrected chi connectivity index (χ2v) is 3.13. The van der Waals surface area contributed by atoms with Crippen LogP contribution >= 0.6 is 15.9 Å². The summed E-state index contributed by atoms with van der Waals surface area (Å²) in [5, 5.41) is 6.01. The maximum absolute atomic E-state index is 13.2. The highest BCUT2D eigenvalue weighted by molar-refractivity contribution is 9.10. The number of anilines is 1. The molecule has 0 radical (unpaired) electrons. The van der Waals surface area contributed by atoms with Crippen LogP contribution in [-0.2, 0) is 0 Å². The number of nitrogens with zero attached hydrogens (tertiary/aromatic N) is 1. The molecule has 68 valence electrons. The van der Waals surface area contributed by atoms with E-state index in [9.17, 15) is 4.39 Å². The van der Waals surface area contributed by atoms with Gasteiger partial charge >= 0.3 is 0 Å². The molecular weight excluding hydrogens is 241 g/mol. The normalized spacial score (nSPS) is 10.6. The third-order valence-corrected chi connectivity index (χ3v) is 2.23. The number of hydrogen-bond donors (Lipinski definition) is 2. The third kappa shape index (κ3) is 1.23. The molecule has 0 aliphatic rings. The Labute approximate surface area is 81.1 Å². The lowest BCUT2D eigenvalue weighted by Crippen LogP contribution is -1.87. The van der Waals surface area contributed by atoms with E-state index in [2.05, 4.69) is 26.1 Å². The topological polar surface area (TPSA) is 67.8 Å². The van der Waals surface area contributed by atoms with Gasteiger partial charge in [-0.25, -0.2) is 4.39 Å². The van der Waals surface area contributed by atoms with Crippen LogP contribution in [0.1, 0.15) is 0 Å². The van der Waals surface area contributed by atoms with E-state index in [1.165, 1.54) is 6.26 Å². The lowest BCUT2D eigenvalue weighted by Gasteiger charge is -1.91. The molecule has 2 rings (SSSR count). The highest BCUT2D eigenvalue weighted by Gasteiger charge is 2.15. The average molecular weight is 246 g/mol. The van der Waals surface area contributed by atoms with Gasteiger partial charge in [-0.05, 0) is 22.0 Å². The zero-order valence-electron chi connectivity index (χ0n) is 6.34. The van der Waals surface area contributed by atoms with Gasteiger partial charge < -0.3 is 10.2 Å². The molecule has 4 nitrogen and oxygen atoms in total. The average Bonchev–Trinajstić information content (AvgIpc) is 2.62. The number of H-pyrrole nitrogens is 1. The van der Waals surface area contributed by atoms with Crippen LogP contribution in [0.3, 0.4) is 0 Å². The van der Waals surface area contributed by atoms with Crippen LogP contribution in [0, 0.1) is 5.82 Å². The summed E-state index contributed by atoms with van der Waals surface area (Å²) in [5.41, 5.74) is 6.01. The van der Waals surface area contributed by atoms with Crippen LogP contribution < -0.4 is 5.73 Å². The smallest absolute Gasteiger partial charge is 0.192 e. The number of aromatic nitrogens is 2. The largest absolute Gasteiger partial charge is 0.457 e. The van der Waals surface area contributed by atoms with Crippen molar-refractivity contribution in [1.82, 2.24) is 10.2 Å². The first kappa shape index (κ1) is 8.31. The summed E-state index contributed by atoms with van der Waals surface area (Å²) in [6, 6.07) is 1.61. The molecule has 0 saturated heterocycles. The van der Waals surface area contributed by atoms with Gasteiger partial charge in [0.05, 0.1) is 11.8 Å². The Bertz CT molecular complexity index is 437. The van der Waals surface area contributed by atoms with Gasteiger partial charge in [0.15, 0.2) is 16.3 Å². The molecular formula is C7H5BrFN3O. The summed E-state index contributed by atoms with van der Waals surface area (Å²) < 4.78 is 18.6. The van der Waals surface area contributed by atoms with Gasteiger partial charge in [-0.1, -0.05) is 0 Å². The summed E-state index contributed by atoms with van der Waals surface area (Å²) in [6.45, 7) is 0. The molecule has 0 unspecified atom stereocenters. The molecule has 0 saturated carbocycles. The Balaban J connectivity index is 2.59. The fraction of sp³-hybridized carbons (Fsp3) is 0. The van der Waals surface area contributed by atoms with Crippen LogP contribution in [-0.4, -0.2) is 10.2 Å². The Kier molecular flexibility index (Phi) is 1.84. The Morgan fingerprint density at radius 2 is 2.38 bits per heavy atom. The summed E-state index contributed by atoms with van der Waals surface area (Å²) in [5.74, 6) is -0.717. The van der Waals surface area contributed by atoms with Crippen molar-refractivity contribution in [2.24, 2.45) is 0 Å². The molecule has 2 aromatic rings. The van der Waals surface area contributed by atoms with Crippen molar-refractivity contribution in [1.29, 1.82) is 0 Å². The predicted molar refractivity (Wildman–Crippen MR) is 48.4 cm³/mol. The number of hydrogen-bond acceptors (Lipinski definition) is 3. The van der Waals surface area contributed by atoms with E-state index in [4.69, 9.17) is 10.2 Å². The number of nitrogens with one attached hydrogen (secondary N) is 1. The maximum Gasteiger partial charge on any atom is 0.192 e. The molecule has 0 atom stereocenters. The molecule has 13 heavy (non-hydrogen) atoms. The molecule has 0 amide bonds. The van der Waals surface area contributed by atoms with Gasteiger partial charge in [0.1, 0.15) is 5.69 Å². The minimum atomic E-state index is -0.568. The second kappa shape index (κ2) is 2.88. The Hall–Kier alpha value is -1.30. The fourth-order valence-electron chi connectivity index (χ4n) is 0.993. The van der Waals surface area contributed by atoms with Crippen LogP contribution in [0.2, 0.25) is 0 Å². The Morgan fingerprint density at radius 3 is 2.85 bits per heavy atom. The number of aromatic amines is 1. The summed E-state index contributed by atoms with van der Waals surface area (Å²) in [7, 11) is 0. The zero-order chi connectivity index (χ0) is 9.42. The van der Waals surface area contributed by atoms with Crippen molar-refractivity contribution in [2.45, 2.75) is 0 Å². The van der Waals surface area contributed by atoms with E-state index in [-0.39, 0.29) is 11.5 Å². The molecule has 0 fully saturated rings. The summed E-state index contributed by atoms with van der Waals surface area (Å²) >= 11 is 3.12. The highest BCUT2D eigenvalue weighted by atomic mass is 79.9. The molecule has 0 aliphatic heterocycles. The number of furan rings is 1. The van der Waals surface area contributed by atoms with Crippen LogP contribution in [0.25, 0.3) is 11.3 Å². The lowest BCUT2D eigenvalue weighted by molar-refractivity contribution is 0.541. The highest BCUT2D eigenvalue weighted by Crippen LogP contribution is 2.30. The van der Waals surface area contributed by atoms with Crippen LogP contribution in [0.5, 0.6) is 0 Å². The van der Waals surface area contributed by atoms with E-state index >= 15 is 0 Å². The lowest BCUT2D eigenvalue weighted by atomic mass is 10.2. The van der Waals surface area contributed by atoms with Gasteiger partial charge in [0.25, 0.3) is 0 Å². The van der Waals surface area contributed by atoms with Gasteiger partial charge in [-0.15, -0.1) is 0 Å². The Morgan fingerprint density at radius 1 is 1.62 bits per heavy atom. The quantitative estimate of drug-likeness (QED) is 0.809. The molecule has 0 aliphatic carbocycles. The van der Waals surface area contributed by atoms with E-state index in [0.29, 0.717) is 10.2 Å². The number of halogens is 2.